The van der Waals surface area contributed by atoms with Gasteiger partial charge in [-0.1, -0.05) is 34.9 Å². The van der Waals surface area contributed by atoms with Crippen molar-refractivity contribution in [1.82, 2.24) is 0 Å². The Hall–Kier alpha value is -3.07. The molecule has 1 aliphatic rings. The average molecular weight is 512 g/mol. The van der Waals surface area contributed by atoms with Gasteiger partial charge in [0.2, 0.25) is 0 Å². The number of rotatable bonds is 11. The normalized spacial score (nSPS) is 17.4. The second kappa shape index (κ2) is 13.6. The van der Waals surface area contributed by atoms with Crippen LogP contribution in [0.15, 0.2) is 53.1 Å². The maximum absolute atomic E-state index is 12.6. The quantitative estimate of drug-likeness (QED) is 0.171. The first-order valence-electron chi connectivity index (χ1n) is 13.9. The highest BCUT2D eigenvalue weighted by Gasteiger charge is 2.33. The number of aryl methyl sites for hydroxylation is 1. The van der Waals surface area contributed by atoms with Gasteiger partial charge in [-0.25, -0.2) is 4.79 Å². The molecule has 0 spiro atoms. The van der Waals surface area contributed by atoms with Crippen molar-refractivity contribution in [2.75, 3.05) is 0 Å². The van der Waals surface area contributed by atoms with E-state index >= 15 is 0 Å². The van der Waals surface area contributed by atoms with Crippen molar-refractivity contribution in [1.29, 1.82) is 0 Å². The van der Waals surface area contributed by atoms with E-state index in [0.29, 0.717) is 11.3 Å². The number of hydrogen-bond donors (Lipinski definition) is 0. The molecule has 0 N–H and O–H groups in total. The van der Waals surface area contributed by atoms with Crippen molar-refractivity contribution in [2.45, 2.75) is 105 Å². The monoisotopic (exact) mass is 511 g/mol. The molecule has 3 heteroatoms. The molecule has 0 saturated heterocycles. The van der Waals surface area contributed by atoms with Crippen LogP contribution in [0.3, 0.4) is 0 Å². The number of carbonyl (C=O) groups is 1. The van der Waals surface area contributed by atoms with Gasteiger partial charge in [-0.3, -0.25) is 0 Å². The molecule has 0 saturated carbocycles. The maximum atomic E-state index is 12.6. The van der Waals surface area contributed by atoms with Gasteiger partial charge in [-0.15, -0.1) is 0 Å². The van der Waals surface area contributed by atoms with Gasteiger partial charge >= 0.3 is 5.97 Å². The highest BCUT2D eigenvalue weighted by Crippen LogP contribution is 2.42. The summed E-state index contributed by atoms with van der Waals surface area (Å²) in [5.74, 6) is 1.12. The standard InChI is InChI=1S/C35H43O3/c1-25(2)14-11-15-26(3)16-12-17-27(4)18-13-22-35(7)23-21-31-24-32(28(5)29(6)33(31)38-35)37-34(36)30-19-9-8-10-20-30/h14,16,18-20,24H,11-13,15,17,21-23H2,1-7H3/b26-16+,27-18+/t35-/m1/s1. The fourth-order valence-electron chi connectivity index (χ4n) is 4.78. The van der Waals surface area contributed by atoms with Gasteiger partial charge in [-0.05, 0) is 153 Å². The fourth-order valence-corrected chi connectivity index (χ4v) is 4.78. The Kier molecular flexibility index (Phi) is 10.6. The molecular formula is C35H43O3. The van der Waals surface area contributed by atoms with Crippen LogP contribution >= 0.6 is 0 Å². The SMILES string of the molecule is CC(C)=CCC/C(C)=C/CC/C(C)=C/CC[C@]1(C)CCc2cc(OC(=O)c3c[c][c][c]c3)c(C)c(C)c2O1. The van der Waals surface area contributed by atoms with Crippen molar-refractivity contribution in [3.05, 3.63) is 93.6 Å². The number of allylic oxidation sites excluding steroid dienone is 6. The number of esters is 1. The fraction of sp³-hybridized carbons (Fsp3) is 0.457. The summed E-state index contributed by atoms with van der Waals surface area (Å²) in [5, 5.41) is 0. The zero-order valence-electron chi connectivity index (χ0n) is 24.3. The van der Waals surface area contributed by atoms with E-state index in [-0.39, 0.29) is 5.60 Å². The minimum Gasteiger partial charge on any atom is -0.487 e. The van der Waals surface area contributed by atoms with E-state index in [1.165, 1.54) is 16.7 Å². The van der Waals surface area contributed by atoms with E-state index in [4.69, 9.17) is 9.47 Å². The first-order chi connectivity index (χ1) is 18.1. The summed E-state index contributed by atoms with van der Waals surface area (Å²) in [6.45, 7) is 15.1. The number of ether oxygens (including phenoxy) is 2. The van der Waals surface area contributed by atoms with Gasteiger partial charge in [0.05, 0.1) is 5.56 Å². The van der Waals surface area contributed by atoms with Crippen molar-refractivity contribution in [2.24, 2.45) is 0 Å². The summed E-state index contributed by atoms with van der Waals surface area (Å²) < 4.78 is 12.4. The molecule has 0 amide bonds. The predicted molar refractivity (Wildman–Crippen MR) is 156 cm³/mol. The minimum atomic E-state index is -0.410. The molecule has 201 valence electrons. The van der Waals surface area contributed by atoms with Crippen LogP contribution in [0.1, 0.15) is 107 Å². The lowest BCUT2D eigenvalue weighted by Gasteiger charge is -2.37. The van der Waals surface area contributed by atoms with Crippen LogP contribution in [0.5, 0.6) is 11.5 Å². The second-order valence-corrected chi connectivity index (χ2v) is 11.2. The molecule has 38 heavy (non-hydrogen) atoms. The Labute approximate surface area is 230 Å². The van der Waals surface area contributed by atoms with Crippen molar-refractivity contribution in [3.63, 3.8) is 0 Å². The average Bonchev–Trinajstić information content (AvgIpc) is 2.88. The molecule has 0 aliphatic carbocycles. The van der Waals surface area contributed by atoms with Crippen LogP contribution in [-0.2, 0) is 6.42 Å². The molecule has 2 aromatic rings. The summed E-state index contributed by atoms with van der Waals surface area (Å²) >= 11 is 0. The van der Waals surface area contributed by atoms with Crippen LogP contribution in [0.2, 0.25) is 0 Å². The molecule has 3 rings (SSSR count). The summed E-state index contributed by atoms with van der Waals surface area (Å²) in [6, 6.07) is 13.3. The van der Waals surface area contributed by atoms with Gasteiger partial charge in [0, 0.05) is 0 Å². The lowest BCUT2D eigenvalue weighted by molar-refractivity contribution is 0.0556. The molecule has 0 fully saturated rings. The first-order valence-corrected chi connectivity index (χ1v) is 13.9. The number of benzene rings is 2. The molecule has 1 heterocycles. The molecule has 3 radical (unpaired) electrons. The highest BCUT2D eigenvalue weighted by atomic mass is 16.5. The van der Waals surface area contributed by atoms with E-state index in [1.54, 1.807) is 12.1 Å². The zero-order chi connectivity index (χ0) is 27.7. The molecule has 1 aliphatic heterocycles. The molecular weight excluding hydrogens is 468 g/mol. The summed E-state index contributed by atoms with van der Waals surface area (Å²) in [4.78, 5) is 12.6. The number of fused-ring (bicyclic) bond motifs is 1. The second-order valence-electron chi connectivity index (χ2n) is 11.2. The highest BCUT2D eigenvalue weighted by molar-refractivity contribution is 5.91. The third-order valence-electron chi connectivity index (χ3n) is 7.47. The topological polar surface area (TPSA) is 35.5 Å². The first kappa shape index (κ1) is 29.5. The largest absolute Gasteiger partial charge is 0.487 e. The number of hydrogen-bond acceptors (Lipinski definition) is 3. The summed E-state index contributed by atoms with van der Waals surface area (Å²) in [6.07, 6.45) is 15.4. The summed E-state index contributed by atoms with van der Waals surface area (Å²) in [5.41, 5.74) is 7.60. The Morgan fingerprint density at radius 1 is 0.974 bits per heavy atom. The van der Waals surface area contributed by atoms with Gasteiger partial charge in [0.15, 0.2) is 0 Å². The van der Waals surface area contributed by atoms with Crippen molar-refractivity contribution < 1.29 is 14.3 Å². The Morgan fingerprint density at radius 3 is 2.26 bits per heavy atom. The van der Waals surface area contributed by atoms with E-state index in [9.17, 15) is 4.79 Å². The molecule has 3 nitrogen and oxygen atoms in total. The predicted octanol–water partition coefficient (Wildman–Crippen LogP) is 9.21. The van der Waals surface area contributed by atoms with Gasteiger partial charge in [0.1, 0.15) is 17.1 Å². The molecule has 1 atom stereocenters. The lowest BCUT2D eigenvalue weighted by Crippen LogP contribution is -2.36. The zero-order valence-corrected chi connectivity index (χ0v) is 24.3. The van der Waals surface area contributed by atoms with Crippen LogP contribution in [-0.4, -0.2) is 11.6 Å². The third-order valence-corrected chi connectivity index (χ3v) is 7.47. The molecule has 0 unspecified atom stereocenters. The molecule has 0 bridgehead atoms. The number of carbonyl (C=O) groups excluding carboxylic acids is 1. The van der Waals surface area contributed by atoms with Gasteiger partial charge in [0.25, 0.3) is 0 Å². The van der Waals surface area contributed by atoms with E-state index in [1.807, 2.05) is 13.0 Å². The maximum Gasteiger partial charge on any atom is 0.343 e. The molecule has 0 aromatic heterocycles. The minimum absolute atomic E-state index is 0.202. The Bertz CT molecular complexity index is 1200. The molecule has 2 aromatic carbocycles. The van der Waals surface area contributed by atoms with E-state index in [0.717, 1.165) is 73.8 Å². The van der Waals surface area contributed by atoms with Crippen LogP contribution in [0, 0.1) is 32.0 Å². The summed E-state index contributed by atoms with van der Waals surface area (Å²) in [7, 11) is 0. The van der Waals surface area contributed by atoms with Crippen molar-refractivity contribution in [3.8, 4) is 11.5 Å². The lowest BCUT2D eigenvalue weighted by atomic mass is 9.86. The smallest absolute Gasteiger partial charge is 0.343 e. The Morgan fingerprint density at radius 2 is 1.61 bits per heavy atom. The van der Waals surface area contributed by atoms with Crippen LogP contribution in [0.25, 0.3) is 0 Å². The van der Waals surface area contributed by atoms with Crippen LogP contribution in [0.4, 0.5) is 0 Å². The van der Waals surface area contributed by atoms with Gasteiger partial charge in [-0.2, -0.15) is 0 Å². The van der Waals surface area contributed by atoms with E-state index < -0.39 is 5.97 Å². The van der Waals surface area contributed by atoms with Gasteiger partial charge < -0.3 is 9.47 Å². The van der Waals surface area contributed by atoms with Crippen LogP contribution < -0.4 is 9.47 Å². The van der Waals surface area contributed by atoms with Crippen molar-refractivity contribution >= 4 is 5.97 Å². The third kappa shape index (κ3) is 8.48. The Balaban J connectivity index is 1.55. The van der Waals surface area contributed by atoms with E-state index in [2.05, 4.69) is 78.0 Å².